The lowest BCUT2D eigenvalue weighted by atomic mass is 10.1. The van der Waals surface area contributed by atoms with Crippen molar-refractivity contribution in [3.05, 3.63) is 35.9 Å². The Bertz CT molecular complexity index is 492. The Morgan fingerprint density at radius 3 is 2.32 bits per heavy atom. The van der Waals surface area contributed by atoms with Crippen LogP contribution in [0.3, 0.4) is 0 Å². The van der Waals surface area contributed by atoms with Gasteiger partial charge in [0.05, 0.1) is 0 Å². The van der Waals surface area contributed by atoms with Crippen molar-refractivity contribution < 1.29 is 20.2 Å². The summed E-state index contributed by atoms with van der Waals surface area (Å²) in [5.74, 6) is -1.54. The molecule has 0 aliphatic heterocycles. The molecule has 9 heteroatoms. The van der Waals surface area contributed by atoms with Gasteiger partial charge in [0, 0.05) is 12.1 Å². The van der Waals surface area contributed by atoms with Crippen molar-refractivity contribution in [1.29, 1.82) is 0 Å². The van der Waals surface area contributed by atoms with Crippen LogP contribution < -0.4 is 16.8 Å². The normalized spacial score (nSPS) is 10.4. The molecule has 0 fully saturated rings. The number of aliphatic imine (C=N–C) groups is 1. The zero-order chi connectivity index (χ0) is 15.0. The molecule has 0 aliphatic carbocycles. The van der Waals surface area contributed by atoms with Gasteiger partial charge in [0.1, 0.15) is 6.04 Å². The van der Waals surface area contributed by atoms with Crippen LogP contribution in [0.1, 0.15) is 23.2 Å². The monoisotopic (exact) mass is 332 g/mol. The molecule has 8 N–H and O–H groups in total. The third-order valence-corrected chi connectivity index (χ3v) is 2.58. The largest absolute Gasteiger partial charge is 0.480 e. The maximum Gasteiger partial charge on any atom is 0.326 e. The summed E-state index contributed by atoms with van der Waals surface area (Å²) in [6, 6.07) is 7.48. The molecule has 1 aromatic carbocycles. The lowest BCUT2D eigenvalue weighted by molar-refractivity contribution is -0.139. The molecular weight excluding hydrogens is 312 g/mol. The van der Waals surface area contributed by atoms with Gasteiger partial charge in [-0.15, -0.1) is 12.4 Å². The van der Waals surface area contributed by atoms with Gasteiger partial charge < -0.3 is 27.4 Å². The minimum Gasteiger partial charge on any atom is -0.480 e. The Morgan fingerprint density at radius 1 is 1.23 bits per heavy atom. The number of nitrogens with zero attached hydrogens (tertiary/aromatic N) is 1. The highest BCUT2D eigenvalue weighted by Crippen LogP contribution is 2.03. The Labute approximate surface area is 134 Å². The highest BCUT2D eigenvalue weighted by molar-refractivity contribution is 5.96. The highest BCUT2D eigenvalue weighted by Gasteiger charge is 2.19. The molecule has 0 heterocycles. The smallest absolute Gasteiger partial charge is 0.326 e. The Hall–Kier alpha value is -2.32. The van der Waals surface area contributed by atoms with E-state index in [0.717, 1.165) is 0 Å². The molecule has 1 aromatic rings. The van der Waals surface area contributed by atoms with E-state index in [9.17, 15) is 9.59 Å². The molecule has 0 aliphatic rings. The third-order valence-electron chi connectivity index (χ3n) is 2.58. The number of hydrogen-bond donors (Lipinski definition) is 4. The summed E-state index contributed by atoms with van der Waals surface area (Å²) in [6.07, 6.45) is 0.717. The molecule has 1 rings (SSSR count). The van der Waals surface area contributed by atoms with E-state index in [1.165, 1.54) is 0 Å². The first-order valence-corrected chi connectivity index (χ1v) is 6.15. The van der Waals surface area contributed by atoms with Gasteiger partial charge in [-0.05, 0) is 25.0 Å². The van der Waals surface area contributed by atoms with Crippen molar-refractivity contribution in [2.45, 2.75) is 18.9 Å². The maximum atomic E-state index is 11.9. The van der Waals surface area contributed by atoms with Gasteiger partial charge in [-0.2, -0.15) is 0 Å². The fourth-order valence-corrected chi connectivity index (χ4v) is 1.59. The lowest BCUT2D eigenvalue weighted by Gasteiger charge is -2.14. The van der Waals surface area contributed by atoms with Gasteiger partial charge >= 0.3 is 5.97 Å². The van der Waals surface area contributed by atoms with Crippen LogP contribution in [-0.4, -0.2) is 41.0 Å². The standard InChI is InChI=1S/C13H18N4O3.ClH.H2O/c14-13(15)16-8-4-7-10(12(19)20)17-11(18)9-5-2-1-3-6-9;;/h1-3,5-6,10H,4,7-8H2,(H,17,18)(H,19,20)(H4,14,15,16);1H;1H2/t10-;;/m0../s1. The molecule has 0 saturated heterocycles. The fourth-order valence-electron chi connectivity index (χ4n) is 1.59. The number of hydrogen-bond acceptors (Lipinski definition) is 3. The van der Waals surface area contributed by atoms with Crippen LogP contribution in [0.5, 0.6) is 0 Å². The van der Waals surface area contributed by atoms with Gasteiger partial charge in [-0.1, -0.05) is 18.2 Å². The second-order valence-electron chi connectivity index (χ2n) is 4.18. The second-order valence-corrected chi connectivity index (χ2v) is 4.18. The topological polar surface area (TPSA) is 162 Å². The summed E-state index contributed by atoms with van der Waals surface area (Å²) in [5.41, 5.74) is 10.8. The van der Waals surface area contributed by atoms with Crippen LogP contribution in [0, 0.1) is 0 Å². The number of guanidine groups is 1. The van der Waals surface area contributed by atoms with E-state index >= 15 is 0 Å². The van der Waals surface area contributed by atoms with Crippen molar-refractivity contribution in [3.63, 3.8) is 0 Å². The van der Waals surface area contributed by atoms with Gasteiger partial charge in [-0.3, -0.25) is 9.79 Å². The summed E-state index contributed by atoms with van der Waals surface area (Å²) in [6.45, 7) is 0.327. The van der Waals surface area contributed by atoms with Crippen LogP contribution in [0.15, 0.2) is 35.3 Å². The van der Waals surface area contributed by atoms with Gasteiger partial charge in [0.25, 0.3) is 5.91 Å². The molecule has 22 heavy (non-hydrogen) atoms. The third kappa shape index (κ3) is 8.08. The molecule has 0 bridgehead atoms. The lowest BCUT2D eigenvalue weighted by Crippen LogP contribution is -2.40. The summed E-state index contributed by atoms with van der Waals surface area (Å²) in [5, 5.41) is 11.5. The van der Waals surface area contributed by atoms with Crippen LogP contribution in [-0.2, 0) is 4.79 Å². The molecule has 124 valence electrons. The first-order valence-electron chi connectivity index (χ1n) is 6.15. The number of carboxylic acid groups (broad SMARTS) is 1. The second kappa shape index (κ2) is 11.4. The van der Waals surface area contributed by atoms with Crippen molar-refractivity contribution >= 4 is 30.2 Å². The van der Waals surface area contributed by atoms with Gasteiger partial charge in [-0.25, -0.2) is 4.79 Å². The summed E-state index contributed by atoms with van der Waals surface area (Å²) >= 11 is 0. The van der Waals surface area contributed by atoms with E-state index in [-0.39, 0.29) is 30.3 Å². The molecule has 0 aromatic heterocycles. The molecule has 0 saturated carbocycles. The predicted octanol–water partition coefficient (Wildman–Crippen LogP) is -0.480. The zero-order valence-electron chi connectivity index (χ0n) is 11.9. The fraction of sp³-hybridized carbons (Fsp3) is 0.308. The number of amides is 1. The van der Waals surface area contributed by atoms with E-state index in [1.807, 2.05) is 0 Å². The minimum absolute atomic E-state index is 0. The number of aliphatic carboxylic acids is 1. The average molecular weight is 333 g/mol. The average Bonchev–Trinajstić information content (AvgIpc) is 2.42. The SMILES string of the molecule is Cl.NC(N)=NCCC[C@H](NC(=O)c1ccccc1)C(=O)O.O. The van der Waals surface area contributed by atoms with E-state index in [1.54, 1.807) is 30.3 Å². The van der Waals surface area contributed by atoms with Crippen LogP contribution >= 0.6 is 12.4 Å². The molecular formula is C13H21ClN4O4. The molecule has 1 amide bonds. The zero-order valence-corrected chi connectivity index (χ0v) is 12.7. The van der Waals surface area contributed by atoms with E-state index in [0.29, 0.717) is 18.5 Å². The van der Waals surface area contributed by atoms with Crippen molar-refractivity contribution in [1.82, 2.24) is 5.32 Å². The van der Waals surface area contributed by atoms with E-state index in [4.69, 9.17) is 16.6 Å². The minimum atomic E-state index is -1.08. The van der Waals surface area contributed by atoms with Gasteiger partial charge in [0.15, 0.2) is 5.96 Å². The van der Waals surface area contributed by atoms with Crippen LogP contribution in [0.25, 0.3) is 0 Å². The van der Waals surface area contributed by atoms with Gasteiger partial charge in [0.2, 0.25) is 0 Å². The number of halogens is 1. The predicted molar refractivity (Wildman–Crippen MR) is 86.1 cm³/mol. The summed E-state index contributed by atoms with van der Waals surface area (Å²) in [7, 11) is 0. The Balaban J connectivity index is 0. The number of rotatable bonds is 7. The van der Waals surface area contributed by atoms with Crippen molar-refractivity contribution in [3.8, 4) is 0 Å². The van der Waals surface area contributed by atoms with E-state index < -0.39 is 17.9 Å². The number of nitrogens with two attached hydrogens (primary N) is 2. The molecule has 8 nitrogen and oxygen atoms in total. The number of carbonyl (C=O) groups is 2. The first kappa shape index (κ1) is 22.0. The van der Waals surface area contributed by atoms with Crippen molar-refractivity contribution in [2.75, 3.05) is 6.54 Å². The molecule has 0 spiro atoms. The van der Waals surface area contributed by atoms with Crippen LogP contribution in [0.2, 0.25) is 0 Å². The maximum absolute atomic E-state index is 11.9. The summed E-state index contributed by atoms with van der Waals surface area (Å²) < 4.78 is 0. The molecule has 0 unspecified atom stereocenters. The quantitative estimate of drug-likeness (QED) is 0.300. The number of carboxylic acids is 1. The molecule has 0 radical (unpaired) electrons. The van der Waals surface area contributed by atoms with Crippen molar-refractivity contribution in [2.24, 2.45) is 16.5 Å². The Morgan fingerprint density at radius 2 is 1.82 bits per heavy atom. The number of carbonyl (C=O) groups excluding carboxylic acids is 1. The summed E-state index contributed by atoms with van der Waals surface area (Å²) in [4.78, 5) is 26.7. The first-order chi connectivity index (χ1) is 9.50. The molecule has 1 atom stereocenters. The number of benzene rings is 1. The highest BCUT2D eigenvalue weighted by atomic mass is 35.5. The van der Waals surface area contributed by atoms with E-state index in [2.05, 4.69) is 10.3 Å². The van der Waals surface area contributed by atoms with Crippen LogP contribution in [0.4, 0.5) is 0 Å². The Kier molecular flexibility index (Phi) is 11.3. The number of nitrogens with one attached hydrogen (secondary N) is 1.